The number of carbonyl (C=O) groups is 1. The minimum Gasteiger partial charge on any atom is -0.444 e. The highest BCUT2D eigenvalue weighted by Crippen LogP contribution is 2.25. The van der Waals surface area contributed by atoms with Crippen LogP contribution in [0.15, 0.2) is 18.2 Å². The molecule has 2 saturated heterocycles. The summed E-state index contributed by atoms with van der Waals surface area (Å²) in [4.78, 5) is 15.8. The maximum Gasteiger partial charge on any atom is 0.410 e. The predicted molar refractivity (Wildman–Crippen MR) is 89.7 cm³/mol. The zero-order chi connectivity index (χ0) is 17.8. The first-order valence-electron chi connectivity index (χ1n) is 8.76. The van der Waals surface area contributed by atoms with Crippen molar-refractivity contribution in [3.8, 4) is 0 Å². The van der Waals surface area contributed by atoms with Crippen molar-refractivity contribution in [2.75, 3.05) is 38.3 Å². The van der Waals surface area contributed by atoms with Gasteiger partial charge >= 0.3 is 6.09 Å². The van der Waals surface area contributed by atoms with Gasteiger partial charge in [-0.15, -0.1) is 0 Å². The predicted octanol–water partition coefficient (Wildman–Crippen LogP) is 3.18. The molecule has 0 radical (unpaired) electrons. The fraction of sp³-hybridized carbons (Fsp3) is 0.611. The molecule has 0 aromatic heterocycles. The molecule has 1 aromatic rings. The normalized spacial score (nSPS) is 21.9. The minimum absolute atomic E-state index is 0.135. The Balaban J connectivity index is 1.58. The number of rotatable bonds is 3. The quantitative estimate of drug-likeness (QED) is 0.836. The SMILES string of the molecule is CN(C(=O)OC1CCCN(c2ccc(F)cc2F)C1)C1CCOCC1. The monoisotopic (exact) mass is 354 g/mol. The van der Waals surface area contributed by atoms with E-state index in [0.29, 0.717) is 32.0 Å². The van der Waals surface area contributed by atoms with Crippen LogP contribution in [0.2, 0.25) is 0 Å². The molecule has 2 fully saturated rings. The molecule has 2 heterocycles. The molecule has 0 saturated carbocycles. The van der Waals surface area contributed by atoms with Gasteiger partial charge < -0.3 is 19.3 Å². The molecule has 0 N–H and O–H groups in total. The van der Waals surface area contributed by atoms with Gasteiger partial charge in [0.05, 0.1) is 12.2 Å². The van der Waals surface area contributed by atoms with Crippen LogP contribution in [0.3, 0.4) is 0 Å². The maximum absolute atomic E-state index is 14.0. The molecule has 1 unspecified atom stereocenters. The van der Waals surface area contributed by atoms with Crippen LogP contribution < -0.4 is 4.90 Å². The molecule has 0 bridgehead atoms. The minimum atomic E-state index is -0.598. The number of nitrogens with zero attached hydrogens (tertiary/aromatic N) is 2. The fourth-order valence-corrected chi connectivity index (χ4v) is 3.44. The third kappa shape index (κ3) is 4.39. The molecule has 7 heteroatoms. The summed E-state index contributed by atoms with van der Waals surface area (Å²) in [5.41, 5.74) is 0.347. The van der Waals surface area contributed by atoms with Gasteiger partial charge in [-0.05, 0) is 37.8 Å². The van der Waals surface area contributed by atoms with E-state index in [1.807, 2.05) is 4.90 Å². The maximum atomic E-state index is 14.0. The van der Waals surface area contributed by atoms with Crippen LogP contribution in [0.1, 0.15) is 25.7 Å². The van der Waals surface area contributed by atoms with Crippen LogP contribution in [0.25, 0.3) is 0 Å². The summed E-state index contributed by atoms with van der Waals surface area (Å²) in [5.74, 6) is -1.19. The van der Waals surface area contributed by atoms with Gasteiger partial charge in [0.2, 0.25) is 0 Å². The molecule has 3 rings (SSSR count). The van der Waals surface area contributed by atoms with Gasteiger partial charge in [-0.25, -0.2) is 13.6 Å². The Labute approximate surface area is 146 Å². The van der Waals surface area contributed by atoms with E-state index < -0.39 is 11.6 Å². The highest BCUT2D eigenvalue weighted by atomic mass is 19.1. The molecule has 2 aliphatic rings. The van der Waals surface area contributed by atoms with Crippen molar-refractivity contribution < 1.29 is 23.0 Å². The van der Waals surface area contributed by atoms with Crippen molar-refractivity contribution in [1.82, 2.24) is 4.90 Å². The molecule has 1 aromatic carbocycles. The van der Waals surface area contributed by atoms with Crippen molar-refractivity contribution in [2.45, 2.75) is 37.8 Å². The fourth-order valence-electron chi connectivity index (χ4n) is 3.44. The number of hydrogen-bond acceptors (Lipinski definition) is 4. The van der Waals surface area contributed by atoms with Crippen LogP contribution in [0, 0.1) is 11.6 Å². The van der Waals surface area contributed by atoms with Crippen molar-refractivity contribution >= 4 is 11.8 Å². The first-order valence-corrected chi connectivity index (χ1v) is 8.76. The number of carbonyl (C=O) groups excluding carboxylic acids is 1. The number of amides is 1. The summed E-state index contributed by atoms with van der Waals surface area (Å²) in [7, 11) is 1.75. The highest BCUT2D eigenvalue weighted by molar-refractivity contribution is 5.68. The van der Waals surface area contributed by atoms with E-state index in [1.54, 1.807) is 11.9 Å². The Kier molecular flexibility index (Phi) is 5.73. The molecule has 25 heavy (non-hydrogen) atoms. The number of piperidine rings is 1. The standard InChI is InChI=1S/C18H24F2N2O3/c1-21(14-6-9-24-10-7-14)18(23)25-15-3-2-8-22(12-15)17-5-4-13(19)11-16(17)20/h4-5,11,14-15H,2-3,6-10,12H2,1H3. The summed E-state index contributed by atoms with van der Waals surface area (Å²) >= 11 is 0. The van der Waals surface area contributed by atoms with Gasteiger partial charge in [-0.1, -0.05) is 0 Å². The molecule has 5 nitrogen and oxygen atoms in total. The summed E-state index contributed by atoms with van der Waals surface area (Å²) in [6, 6.07) is 3.69. The van der Waals surface area contributed by atoms with Gasteiger partial charge in [0, 0.05) is 38.9 Å². The lowest BCUT2D eigenvalue weighted by atomic mass is 10.1. The van der Waals surface area contributed by atoms with Gasteiger partial charge in [-0.2, -0.15) is 0 Å². The largest absolute Gasteiger partial charge is 0.444 e. The highest BCUT2D eigenvalue weighted by Gasteiger charge is 2.29. The van der Waals surface area contributed by atoms with Crippen molar-refractivity contribution in [2.24, 2.45) is 0 Å². The van der Waals surface area contributed by atoms with E-state index in [0.717, 1.165) is 31.7 Å². The third-order valence-corrected chi connectivity index (χ3v) is 4.92. The summed E-state index contributed by atoms with van der Waals surface area (Å²) < 4.78 is 38.0. The van der Waals surface area contributed by atoms with Crippen LogP contribution in [-0.4, -0.2) is 56.5 Å². The number of ether oxygens (including phenoxy) is 2. The lowest BCUT2D eigenvalue weighted by Crippen LogP contribution is -2.46. The molecular weight excluding hydrogens is 330 g/mol. The lowest BCUT2D eigenvalue weighted by Gasteiger charge is -2.36. The lowest BCUT2D eigenvalue weighted by molar-refractivity contribution is 0.0192. The Bertz CT molecular complexity index is 608. The zero-order valence-electron chi connectivity index (χ0n) is 14.4. The Morgan fingerprint density at radius 3 is 2.76 bits per heavy atom. The molecule has 1 amide bonds. The van der Waals surface area contributed by atoms with Crippen LogP contribution >= 0.6 is 0 Å². The smallest absolute Gasteiger partial charge is 0.410 e. The van der Waals surface area contributed by atoms with E-state index in [1.165, 1.54) is 12.1 Å². The topological polar surface area (TPSA) is 42.0 Å². The van der Waals surface area contributed by atoms with Crippen molar-refractivity contribution in [3.05, 3.63) is 29.8 Å². The van der Waals surface area contributed by atoms with E-state index >= 15 is 0 Å². The van der Waals surface area contributed by atoms with Gasteiger partial charge in [0.1, 0.15) is 17.7 Å². The van der Waals surface area contributed by atoms with Gasteiger partial charge in [0.15, 0.2) is 0 Å². The van der Waals surface area contributed by atoms with Crippen LogP contribution in [0.5, 0.6) is 0 Å². The Hall–Kier alpha value is -1.89. The van der Waals surface area contributed by atoms with E-state index in [9.17, 15) is 13.6 Å². The van der Waals surface area contributed by atoms with Crippen LogP contribution in [-0.2, 0) is 9.47 Å². The summed E-state index contributed by atoms with van der Waals surface area (Å²) in [6.45, 7) is 2.38. The molecule has 0 spiro atoms. The molecule has 138 valence electrons. The van der Waals surface area contributed by atoms with Crippen molar-refractivity contribution in [3.63, 3.8) is 0 Å². The molecule has 0 aliphatic carbocycles. The molecule has 2 aliphatic heterocycles. The second-order valence-electron chi connectivity index (χ2n) is 6.64. The molecular formula is C18H24F2N2O3. The number of benzene rings is 1. The average Bonchev–Trinajstić information content (AvgIpc) is 2.62. The number of hydrogen-bond donors (Lipinski definition) is 0. The van der Waals surface area contributed by atoms with Gasteiger partial charge in [0.25, 0.3) is 0 Å². The van der Waals surface area contributed by atoms with E-state index in [2.05, 4.69) is 0 Å². The van der Waals surface area contributed by atoms with Gasteiger partial charge in [-0.3, -0.25) is 0 Å². The third-order valence-electron chi connectivity index (χ3n) is 4.92. The van der Waals surface area contributed by atoms with E-state index in [-0.39, 0.29) is 18.2 Å². The second kappa shape index (κ2) is 7.99. The first kappa shape index (κ1) is 17.9. The summed E-state index contributed by atoms with van der Waals surface area (Å²) in [6.07, 6.45) is 2.50. The Morgan fingerprint density at radius 2 is 2.04 bits per heavy atom. The second-order valence-corrected chi connectivity index (χ2v) is 6.64. The Morgan fingerprint density at radius 1 is 1.28 bits per heavy atom. The number of halogens is 2. The zero-order valence-corrected chi connectivity index (χ0v) is 14.4. The number of anilines is 1. The van der Waals surface area contributed by atoms with Crippen LogP contribution in [0.4, 0.5) is 19.3 Å². The summed E-state index contributed by atoms with van der Waals surface area (Å²) in [5, 5.41) is 0. The first-order chi connectivity index (χ1) is 12.0. The van der Waals surface area contributed by atoms with E-state index in [4.69, 9.17) is 9.47 Å². The van der Waals surface area contributed by atoms with Crippen molar-refractivity contribution in [1.29, 1.82) is 0 Å². The molecule has 1 atom stereocenters. The average molecular weight is 354 g/mol.